The predicted octanol–water partition coefficient (Wildman–Crippen LogP) is 3.65. The first-order valence-electron chi connectivity index (χ1n) is 7.44. The molecule has 1 aliphatic heterocycles. The third kappa shape index (κ3) is 2.07. The van der Waals surface area contributed by atoms with Crippen molar-refractivity contribution < 1.29 is 9.47 Å². The Kier molecular flexibility index (Phi) is 3.09. The Hall–Kier alpha value is -1.58. The van der Waals surface area contributed by atoms with E-state index in [2.05, 4.69) is 35.3 Å². The second-order valence-electron chi connectivity index (χ2n) is 5.50. The number of rotatable bonds is 3. The molecule has 1 saturated heterocycles. The van der Waals surface area contributed by atoms with E-state index in [1.54, 1.807) is 0 Å². The summed E-state index contributed by atoms with van der Waals surface area (Å²) >= 11 is 0. The number of hydrogen-bond donors (Lipinski definition) is 1. The number of aryl methyl sites for hydroxylation is 1. The van der Waals surface area contributed by atoms with Gasteiger partial charge in [-0.1, -0.05) is 24.3 Å². The quantitative estimate of drug-likeness (QED) is 0.923. The zero-order chi connectivity index (χ0) is 13.4. The molecule has 0 amide bonds. The van der Waals surface area contributed by atoms with Crippen LogP contribution in [0.15, 0.2) is 30.3 Å². The van der Waals surface area contributed by atoms with Crippen LogP contribution in [0.4, 0.5) is 0 Å². The van der Waals surface area contributed by atoms with Gasteiger partial charge in [0.15, 0.2) is 6.29 Å². The van der Waals surface area contributed by atoms with Gasteiger partial charge in [0.25, 0.3) is 0 Å². The Bertz CT molecular complexity index is 650. The average molecular weight is 269 g/mol. The minimum atomic E-state index is -0.00865. The van der Waals surface area contributed by atoms with Gasteiger partial charge in [-0.15, -0.1) is 0 Å². The van der Waals surface area contributed by atoms with Gasteiger partial charge < -0.3 is 14.5 Å². The highest BCUT2D eigenvalue weighted by Gasteiger charge is 2.21. The summed E-state index contributed by atoms with van der Waals surface area (Å²) in [6, 6.07) is 8.59. The Morgan fingerprint density at radius 2 is 2.00 bits per heavy atom. The highest BCUT2D eigenvalue weighted by Crippen LogP contribution is 2.34. The fourth-order valence-electron chi connectivity index (χ4n) is 3.30. The van der Waals surface area contributed by atoms with E-state index < -0.39 is 0 Å². The van der Waals surface area contributed by atoms with Gasteiger partial charge in [-0.2, -0.15) is 0 Å². The van der Waals surface area contributed by atoms with Crippen LogP contribution >= 0.6 is 0 Å². The largest absolute Gasteiger partial charge is 0.355 e. The summed E-state index contributed by atoms with van der Waals surface area (Å²) in [6.45, 7) is 1.47. The van der Waals surface area contributed by atoms with Crippen molar-refractivity contribution in [3.63, 3.8) is 0 Å². The normalized spacial score (nSPS) is 19.3. The van der Waals surface area contributed by atoms with Crippen molar-refractivity contribution in [1.29, 1.82) is 0 Å². The maximum Gasteiger partial charge on any atom is 0.158 e. The van der Waals surface area contributed by atoms with E-state index in [-0.39, 0.29) is 6.29 Å². The molecule has 104 valence electrons. The number of nitrogens with one attached hydrogen (secondary N) is 1. The molecule has 4 rings (SSSR count). The minimum absolute atomic E-state index is 0.00865. The van der Waals surface area contributed by atoms with Gasteiger partial charge in [-0.3, -0.25) is 0 Å². The van der Waals surface area contributed by atoms with Crippen molar-refractivity contribution in [2.75, 3.05) is 13.2 Å². The van der Waals surface area contributed by atoms with E-state index in [4.69, 9.17) is 9.47 Å². The summed E-state index contributed by atoms with van der Waals surface area (Å²) in [5, 5.41) is 1.38. The number of benzene rings is 1. The lowest BCUT2D eigenvalue weighted by Crippen LogP contribution is -2.08. The fraction of sp³-hybridized carbons (Fsp3) is 0.412. The van der Waals surface area contributed by atoms with Gasteiger partial charge in [-0.25, -0.2) is 0 Å². The summed E-state index contributed by atoms with van der Waals surface area (Å²) in [5.74, 6) is 0. The van der Waals surface area contributed by atoms with Crippen molar-refractivity contribution in [2.45, 2.75) is 32.0 Å². The van der Waals surface area contributed by atoms with E-state index in [1.807, 2.05) is 0 Å². The van der Waals surface area contributed by atoms with E-state index in [1.165, 1.54) is 27.7 Å². The van der Waals surface area contributed by atoms with Crippen LogP contribution in [0, 0.1) is 0 Å². The lowest BCUT2D eigenvalue weighted by Gasteiger charge is -2.16. The molecule has 1 aromatic carbocycles. The first-order chi connectivity index (χ1) is 9.92. The van der Waals surface area contributed by atoms with Crippen LogP contribution in [-0.2, 0) is 15.9 Å². The second-order valence-corrected chi connectivity index (χ2v) is 5.50. The summed E-state index contributed by atoms with van der Waals surface area (Å²) in [4.78, 5) is 3.59. The number of allylic oxidation sites excluding steroid dienone is 2. The van der Waals surface area contributed by atoms with Crippen LogP contribution in [0.1, 0.15) is 30.5 Å². The highest BCUT2D eigenvalue weighted by molar-refractivity contribution is 5.90. The molecule has 1 aromatic heterocycles. The van der Waals surface area contributed by atoms with Gasteiger partial charge in [-0.05, 0) is 36.5 Å². The molecule has 0 unspecified atom stereocenters. The number of aromatic nitrogens is 1. The standard InChI is InChI=1S/C17H19NO2/c1-2-7-15-13(5-1)14-6-3-4-12(17(14)18-15)8-9-16-19-10-11-20-16/h1-2,4-5,7,16,18H,3,6,8-11H2. The third-order valence-corrected chi connectivity index (χ3v) is 4.26. The maximum absolute atomic E-state index is 5.53. The first kappa shape index (κ1) is 12.2. The van der Waals surface area contributed by atoms with Crippen molar-refractivity contribution in [3.8, 4) is 0 Å². The molecule has 1 fully saturated rings. The van der Waals surface area contributed by atoms with E-state index in [9.17, 15) is 0 Å². The predicted molar refractivity (Wildman–Crippen MR) is 79.5 cm³/mol. The van der Waals surface area contributed by atoms with Gasteiger partial charge in [0, 0.05) is 23.0 Å². The molecule has 0 radical (unpaired) electrons. The van der Waals surface area contributed by atoms with Crippen LogP contribution < -0.4 is 0 Å². The molecule has 2 aromatic rings. The fourth-order valence-corrected chi connectivity index (χ4v) is 3.30. The first-order valence-corrected chi connectivity index (χ1v) is 7.44. The van der Waals surface area contributed by atoms with Crippen molar-refractivity contribution >= 4 is 16.5 Å². The summed E-state index contributed by atoms with van der Waals surface area (Å²) < 4.78 is 11.1. The second kappa shape index (κ2) is 5.08. The number of para-hydroxylation sites is 1. The smallest absolute Gasteiger partial charge is 0.158 e. The van der Waals surface area contributed by atoms with Crippen molar-refractivity contribution in [1.82, 2.24) is 4.98 Å². The molecular weight excluding hydrogens is 250 g/mol. The molecule has 1 N–H and O–H groups in total. The molecule has 0 saturated carbocycles. The minimum Gasteiger partial charge on any atom is -0.355 e. The number of ether oxygens (including phenoxy) is 2. The lowest BCUT2D eigenvalue weighted by atomic mass is 9.92. The van der Waals surface area contributed by atoms with E-state index in [0.717, 1.165) is 38.9 Å². The van der Waals surface area contributed by atoms with Crippen molar-refractivity contribution in [2.24, 2.45) is 0 Å². The molecule has 1 aliphatic carbocycles. The molecule has 3 heteroatoms. The summed E-state index contributed by atoms with van der Waals surface area (Å²) in [6.07, 6.45) is 6.60. The lowest BCUT2D eigenvalue weighted by molar-refractivity contribution is -0.0453. The Morgan fingerprint density at radius 3 is 2.90 bits per heavy atom. The Morgan fingerprint density at radius 1 is 1.15 bits per heavy atom. The molecule has 3 nitrogen and oxygen atoms in total. The Labute approximate surface area is 118 Å². The van der Waals surface area contributed by atoms with E-state index in [0.29, 0.717) is 0 Å². The molecule has 0 spiro atoms. The summed E-state index contributed by atoms with van der Waals surface area (Å²) in [7, 11) is 0. The molecule has 2 aliphatic rings. The molecule has 2 heterocycles. The number of fused-ring (bicyclic) bond motifs is 3. The van der Waals surface area contributed by atoms with Crippen molar-refractivity contribution in [3.05, 3.63) is 41.6 Å². The van der Waals surface area contributed by atoms with Crippen LogP contribution in [0.3, 0.4) is 0 Å². The topological polar surface area (TPSA) is 34.2 Å². The van der Waals surface area contributed by atoms with Gasteiger partial charge in [0.2, 0.25) is 0 Å². The van der Waals surface area contributed by atoms with Crippen LogP contribution in [0.5, 0.6) is 0 Å². The summed E-state index contributed by atoms with van der Waals surface area (Å²) in [5.41, 5.74) is 5.47. The molecule has 20 heavy (non-hydrogen) atoms. The van der Waals surface area contributed by atoms with Crippen LogP contribution in [-0.4, -0.2) is 24.5 Å². The molecule has 0 atom stereocenters. The third-order valence-electron chi connectivity index (χ3n) is 4.26. The number of hydrogen-bond acceptors (Lipinski definition) is 2. The zero-order valence-electron chi connectivity index (χ0n) is 11.5. The highest BCUT2D eigenvalue weighted by atomic mass is 16.7. The molecular formula is C17H19NO2. The zero-order valence-corrected chi connectivity index (χ0v) is 11.5. The van der Waals surface area contributed by atoms with Gasteiger partial charge in [0.1, 0.15) is 0 Å². The van der Waals surface area contributed by atoms with E-state index >= 15 is 0 Å². The SMILES string of the molecule is C1=C(CCC2OCCO2)c2[nH]c3ccccc3c2CC1. The number of H-pyrrole nitrogens is 1. The Balaban J connectivity index is 1.61. The maximum atomic E-state index is 5.53. The van der Waals surface area contributed by atoms with Crippen LogP contribution in [0.25, 0.3) is 16.5 Å². The monoisotopic (exact) mass is 269 g/mol. The van der Waals surface area contributed by atoms with Gasteiger partial charge >= 0.3 is 0 Å². The van der Waals surface area contributed by atoms with Crippen LogP contribution in [0.2, 0.25) is 0 Å². The molecule has 0 bridgehead atoms. The van der Waals surface area contributed by atoms with Gasteiger partial charge in [0.05, 0.1) is 13.2 Å². The number of aromatic amines is 1. The average Bonchev–Trinajstić information content (AvgIpc) is 3.12.